The SMILES string of the molecule is C=CCOP(=O)(C=C)OCc1ccccc1. The molecule has 0 N–H and O–H groups in total. The Kier molecular flexibility index (Phi) is 5.20. The van der Waals surface area contributed by atoms with Crippen molar-refractivity contribution in [1.29, 1.82) is 0 Å². The Bertz CT molecular complexity index is 387. The molecule has 0 amide bonds. The maximum absolute atomic E-state index is 11.9. The molecule has 86 valence electrons. The van der Waals surface area contributed by atoms with E-state index in [1.54, 1.807) is 0 Å². The van der Waals surface area contributed by atoms with Gasteiger partial charge < -0.3 is 9.05 Å². The Balaban J connectivity index is 2.54. The fraction of sp³-hybridized carbons (Fsp3) is 0.167. The Morgan fingerprint density at radius 1 is 1.19 bits per heavy atom. The summed E-state index contributed by atoms with van der Waals surface area (Å²) in [6, 6.07) is 9.47. The zero-order valence-corrected chi connectivity index (χ0v) is 9.94. The molecular weight excluding hydrogens is 223 g/mol. The van der Waals surface area contributed by atoms with Gasteiger partial charge in [0.1, 0.15) is 0 Å². The van der Waals surface area contributed by atoms with Crippen LogP contribution in [0.3, 0.4) is 0 Å². The zero-order chi connectivity index (χ0) is 11.9. The fourth-order valence-corrected chi connectivity index (χ4v) is 1.97. The van der Waals surface area contributed by atoms with E-state index in [1.165, 1.54) is 11.9 Å². The summed E-state index contributed by atoms with van der Waals surface area (Å²) in [6.07, 6.45) is 1.52. The average Bonchev–Trinajstić information content (AvgIpc) is 2.35. The van der Waals surface area contributed by atoms with Gasteiger partial charge in [0.2, 0.25) is 0 Å². The molecule has 16 heavy (non-hydrogen) atoms. The Morgan fingerprint density at radius 2 is 1.88 bits per heavy atom. The van der Waals surface area contributed by atoms with Gasteiger partial charge in [-0.25, -0.2) is 0 Å². The van der Waals surface area contributed by atoms with Crippen LogP contribution in [0, 0.1) is 0 Å². The van der Waals surface area contributed by atoms with Gasteiger partial charge in [-0.1, -0.05) is 43.0 Å². The number of hydrogen-bond donors (Lipinski definition) is 0. The van der Waals surface area contributed by atoms with E-state index < -0.39 is 7.60 Å². The van der Waals surface area contributed by atoms with Crippen LogP contribution in [0.25, 0.3) is 0 Å². The van der Waals surface area contributed by atoms with Gasteiger partial charge in [-0.05, 0) is 5.56 Å². The second-order valence-corrected chi connectivity index (χ2v) is 5.03. The van der Waals surface area contributed by atoms with Gasteiger partial charge in [-0.2, -0.15) is 0 Å². The summed E-state index contributed by atoms with van der Waals surface area (Å²) in [5, 5.41) is 0. The Labute approximate surface area is 95.9 Å². The Morgan fingerprint density at radius 3 is 2.44 bits per heavy atom. The molecule has 0 radical (unpaired) electrons. The first kappa shape index (κ1) is 12.9. The molecule has 0 saturated carbocycles. The Hall–Kier alpha value is -1.15. The monoisotopic (exact) mass is 238 g/mol. The molecule has 0 bridgehead atoms. The van der Waals surface area contributed by atoms with E-state index in [4.69, 9.17) is 9.05 Å². The van der Waals surface area contributed by atoms with Crippen molar-refractivity contribution in [2.45, 2.75) is 6.61 Å². The van der Waals surface area contributed by atoms with E-state index in [-0.39, 0.29) is 13.2 Å². The molecule has 1 aromatic carbocycles. The second kappa shape index (κ2) is 6.44. The molecule has 1 unspecified atom stereocenters. The molecule has 1 atom stereocenters. The lowest BCUT2D eigenvalue weighted by molar-refractivity contribution is 0.220. The summed E-state index contributed by atoms with van der Waals surface area (Å²) in [5.74, 6) is 1.21. The van der Waals surface area contributed by atoms with Crippen LogP contribution >= 0.6 is 7.60 Å². The number of hydrogen-bond acceptors (Lipinski definition) is 3. The van der Waals surface area contributed by atoms with E-state index in [9.17, 15) is 4.57 Å². The fourth-order valence-electron chi connectivity index (χ4n) is 1.04. The van der Waals surface area contributed by atoms with Crippen LogP contribution < -0.4 is 0 Å². The molecule has 0 aliphatic carbocycles. The minimum absolute atomic E-state index is 0.179. The predicted molar refractivity (Wildman–Crippen MR) is 65.2 cm³/mol. The van der Waals surface area contributed by atoms with E-state index in [2.05, 4.69) is 13.2 Å². The van der Waals surface area contributed by atoms with Gasteiger partial charge in [0, 0.05) is 5.82 Å². The molecule has 0 saturated heterocycles. The molecule has 0 spiro atoms. The number of benzene rings is 1. The van der Waals surface area contributed by atoms with Crippen molar-refractivity contribution in [2.24, 2.45) is 0 Å². The first-order valence-corrected chi connectivity index (χ1v) is 6.48. The maximum Gasteiger partial charge on any atom is 0.354 e. The van der Waals surface area contributed by atoms with Gasteiger partial charge in [0.25, 0.3) is 0 Å². The highest BCUT2D eigenvalue weighted by molar-refractivity contribution is 7.57. The van der Waals surface area contributed by atoms with Crippen LogP contribution in [-0.4, -0.2) is 6.61 Å². The molecule has 4 heteroatoms. The molecule has 0 aromatic heterocycles. The van der Waals surface area contributed by atoms with Crippen molar-refractivity contribution < 1.29 is 13.6 Å². The summed E-state index contributed by atoms with van der Waals surface area (Å²) in [6.45, 7) is 7.35. The smallest absolute Gasteiger partial charge is 0.301 e. The lowest BCUT2D eigenvalue weighted by atomic mass is 10.2. The average molecular weight is 238 g/mol. The van der Waals surface area contributed by atoms with Crippen molar-refractivity contribution >= 4 is 7.60 Å². The highest BCUT2D eigenvalue weighted by atomic mass is 31.2. The summed E-state index contributed by atoms with van der Waals surface area (Å²) in [7, 11) is -3.19. The number of rotatable bonds is 7. The van der Waals surface area contributed by atoms with Crippen LogP contribution in [0.1, 0.15) is 5.56 Å². The first-order valence-electron chi connectivity index (χ1n) is 4.87. The van der Waals surface area contributed by atoms with Gasteiger partial charge in [0.05, 0.1) is 13.2 Å². The van der Waals surface area contributed by atoms with Gasteiger partial charge in [-0.3, -0.25) is 4.57 Å². The predicted octanol–water partition coefficient (Wildman–Crippen LogP) is 3.74. The largest absolute Gasteiger partial charge is 0.354 e. The molecule has 0 aliphatic heterocycles. The highest BCUT2D eigenvalue weighted by Crippen LogP contribution is 2.49. The van der Waals surface area contributed by atoms with Gasteiger partial charge >= 0.3 is 7.60 Å². The minimum atomic E-state index is -3.19. The van der Waals surface area contributed by atoms with E-state index in [0.717, 1.165) is 5.56 Å². The van der Waals surface area contributed by atoms with E-state index >= 15 is 0 Å². The summed E-state index contributed by atoms with van der Waals surface area (Å²) in [5.41, 5.74) is 0.937. The third-order valence-corrected chi connectivity index (χ3v) is 3.30. The topological polar surface area (TPSA) is 35.5 Å². The third-order valence-electron chi connectivity index (χ3n) is 1.85. The van der Waals surface area contributed by atoms with Crippen molar-refractivity contribution in [3.8, 4) is 0 Å². The van der Waals surface area contributed by atoms with Crippen molar-refractivity contribution in [1.82, 2.24) is 0 Å². The quantitative estimate of drug-likeness (QED) is 0.536. The lowest BCUT2D eigenvalue weighted by Gasteiger charge is -2.13. The minimum Gasteiger partial charge on any atom is -0.301 e. The molecule has 1 rings (SSSR count). The first-order chi connectivity index (χ1) is 7.70. The van der Waals surface area contributed by atoms with Gasteiger partial charge in [0.15, 0.2) is 0 Å². The third kappa shape index (κ3) is 4.15. The maximum atomic E-state index is 11.9. The summed E-state index contributed by atoms with van der Waals surface area (Å²) < 4.78 is 22.2. The molecular formula is C12H15O3P. The highest BCUT2D eigenvalue weighted by Gasteiger charge is 2.18. The molecule has 0 heterocycles. The van der Waals surface area contributed by atoms with Crippen molar-refractivity contribution in [2.75, 3.05) is 6.61 Å². The summed E-state index contributed by atoms with van der Waals surface area (Å²) in [4.78, 5) is 0. The summed E-state index contributed by atoms with van der Waals surface area (Å²) >= 11 is 0. The van der Waals surface area contributed by atoms with Gasteiger partial charge in [-0.15, -0.1) is 6.58 Å². The van der Waals surface area contributed by atoms with Crippen LogP contribution in [0.5, 0.6) is 0 Å². The van der Waals surface area contributed by atoms with Crippen LogP contribution in [-0.2, 0) is 20.2 Å². The van der Waals surface area contributed by atoms with Crippen LogP contribution in [0.15, 0.2) is 55.4 Å². The zero-order valence-electron chi connectivity index (χ0n) is 9.04. The lowest BCUT2D eigenvalue weighted by Crippen LogP contribution is -1.94. The standard InChI is InChI=1S/C12H15O3P/c1-3-10-14-16(13,4-2)15-11-12-8-6-5-7-9-12/h3-9H,1-2,10-11H2. The van der Waals surface area contributed by atoms with Crippen molar-refractivity contribution in [3.63, 3.8) is 0 Å². The van der Waals surface area contributed by atoms with Crippen LogP contribution in [0.2, 0.25) is 0 Å². The van der Waals surface area contributed by atoms with Crippen LogP contribution in [0.4, 0.5) is 0 Å². The van der Waals surface area contributed by atoms with E-state index in [0.29, 0.717) is 0 Å². The molecule has 0 aliphatic rings. The van der Waals surface area contributed by atoms with E-state index in [1.807, 2.05) is 30.3 Å². The second-order valence-electron chi connectivity index (χ2n) is 3.07. The molecule has 3 nitrogen and oxygen atoms in total. The molecule has 1 aromatic rings. The normalized spacial score (nSPS) is 14.0. The van der Waals surface area contributed by atoms with Crippen molar-refractivity contribution in [3.05, 3.63) is 60.9 Å². The molecule has 0 fully saturated rings.